The van der Waals surface area contributed by atoms with Gasteiger partial charge >= 0.3 is 0 Å². The maximum Gasteiger partial charge on any atom is 0.243 e. The van der Waals surface area contributed by atoms with Gasteiger partial charge in [-0.1, -0.05) is 66.7 Å². The van der Waals surface area contributed by atoms with Crippen LogP contribution in [0.2, 0.25) is 0 Å². The molecule has 0 spiro atoms. The van der Waals surface area contributed by atoms with Crippen molar-refractivity contribution in [3.63, 3.8) is 0 Å². The normalized spacial score (nSPS) is 12.3. The van der Waals surface area contributed by atoms with Crippen LogP contribution in [0.15, 0.2) is 83.2 Å². The number of rotatable bonds is 9. The van der Waals surface area contributed by atoms with E-state index >= 15 is 0 Å². The maximum absolute atomic E-state index is 12.0. The van der Waals surface area contributed by atoms with E-state index in [2.05, 4.69) is 75.6 Å². The predicted molar refractivity (Wildman–Crippen MR) is 129 cm³/mol. The quantitative estimate of drug-likeness (QED) is 0.397. The maximum atomic E-state index is 12.0. The van der Waals surface area contributed by atoms with Crippen LogP contribution in [0, 0.1) is 0 Å². The van der Waals surface area contributed by atoms with E-state index in [1.54, 1.807) is 30.3 Å². The van der Waals surface area contributed by atoms with Crippen LogP contribution in [0.3, 0.4) is 0 Å². The molecule has 162 valence electrons. The lowest BCUT2D eigenvalue weighted by Crippen LogP contribution is -2.40. The van der Waals surface area contributed by atoms with Gasteiger partial charge in [0.1, 0.15) is 6.54 Å². The fourth-order valence-electron chi connectivity index (χ4n) is 3.20. The van der Waals surface area contributed by atoms with E-state index in [0.717, 1.165) is 6.42 Å². The monoisotopic (exact) mass is 434 g/mol. The van der Waals surface area contributed by atoms with Crippen LogP contribution >= 0.6 is 11.3 Å². The minimum atomic E-state index is -0.0267. The van der Waals surface area contributed by atoms with Gasteiger partial charge in [0.05, 0.1) is 6.54 Å². The molecule has 1 unspecified atom stereocenters. The summed E-state index contributed by atoms with van der Waals surface area (Å²) in [6, 6.07) is 25.2. The Morgan fingerprint density at radius 1 is 0.968 bits per heavy atom. The summed E-state index contributed by atoms with van der Waals surface area (Å²) in [5.41, 5.74) is 2.58. The number of likely N-dealkylation sites (N-methyl/N-ethyl adjacent to an activating group) is 1. The second-order valence-electron chi connectivity index (χ2n) is 7.56. The largest absolute Gasteiger partial charge is 0.356 e. The van der Waals surface area contributed by atoms with E-state index in [0.29, 0.717) is 19.0 Å². The van der Waals surface area contributed by atoms with E-state index in [1.165, 1.54) is 16.0 Å². The summed E-state index contributed by atoms with van der Waals surface area (Å²) in [5, 5.41) is 8.89. The minimum absolute atomic E-state index is 0.0267. The number of thiophene rings is 1. The van der Waals surface area contributed by atoms with Gasteiger partial charge in [0.2, 0.25) is 5.91 Å². The smallest absolute Gasteiger partial charge is 0.243 e. The van der Waals surface area contributed by atoms with Gasteiger partial charge in [-0.05, 0) is 29.0 Å². The summed E-state index contributed by atoms with van der Waals surface area (Å²) < 4.78 is 0. The summed E-state index contributed by atoms with van der Waals surface area (Å²) in [6.45, 7) is 1.50. The van der Waals surface area contributed by atoms with E-state index in [1.807, 2.05) is 18.2 Å². The van der Waals surface area contributed by atoms with Crippen molar-refractivity contribution in [1.29, 1.82) is 0 Å². The van der Waals surface area contributed by atoms with Crippen molar-refractivity contribution < 1.29 is 4.79 Å². The van der Waals surface area contributed by atoms with Crippen molar-refractivity contribution in [2.45, 2.75) is 18.9 Å². The van der Waals surface area contributed by atoms with Crippen LogP contribution in [0.5, 0.6) is 0 Å². The third-order valence-electron chi connectivity index (χ3n) is 4.99. The fourth-order valence-corrected chi connectivity index (χ4v) is 3.84. The highest BCUT2D eigenvalue weighted by atomic mass is 32.1. The molecule has 0 aliphatic heterocycles. The average Bonchev–Trinajstić information content (AvgIpc) is 3.32. The molecule has 0 aliphatic carbocycles. The molecule has 1 aromatic heterocycles. The van der Waals surface area contributed by atoms with Gasteiger partial charge in [0.25, 0.3) is 0 Å². The number of benzene rings is 2. The molecular weight excluding hydrogens is 404 g/mol. The number of nitrogens with zero attached hydrogens (tertiary/aromatic N) is 2. The number of nitrogens with one attached hydrogen (secondary N) is 2. The Morgan fingerprint density at radius 2 is 1.68 bits per heavy atom. The SMILES string of the molecule is CN(C)C(=O)CN=C(NCc1cccs1)NCC(Cc1ccccc1)c1ccccc1. The third kappa shape index (κ3) is 7.57. The van der Waals surface area contributed by atoms with Crippen molar-refractivity contribution >= 4 is 23.2 Å². The number of aliphatic imine (C=N–C) groups is 1. The molecule has 0 bridgehead atoms. The van der Waals surface area contributed by atoms with Crippen LogP contribution < -0.4 is 10.6 Å². The molecule has 31 heavy (non-hydrogen) atoms. The highest BCUT2D eigenvalue weighted by Gasteiger charge is 2.14. The molecule has 1 amide bonds. The van der Waals surface area contributed by atoms with Gasteiger partial charge in [0.15, 0.2) is 5.96 Å². The Labute approximate surface area is 188 Å². The molecule has 0 saturated heterocycles. The summed E-state index contributed by atoms with van der Waals surface area (Å²) in [6.07, 6.45) is 0.923. The summed E-state index contributed by atoms with van der Waals surface area (Å²) >= 11 is 1.70. The van der Waals surface area contributed by atoms with Crippen LogP contribution in [-0.4, -0.2) is 44.0 Å². The number of hydrogen-bond acceptors (Lipinski definition) is 3. The molecule has 1 atom stereocenters. The van der Waals surface area contributed by atoms with Gasteiger partial charge in [-0.2, -0.15) is 0 Å². The van der Waals surface area contributed by atoms with Crippen molar-refractivity contribution in [1.82, 2.24) is 15.5 Å². The van der Waals surface area contributed by atoms with Crippen LogP contribution in [0.1, 0.15) is 21.9 Å². The van der Waals surface area contributed by atoms with Gasteiger partial charge in [-0.3, -0.25) is 4.79 Å². The first-order valence-corrected chi connectivity index (χ1v) is 11.3. The summed E-state index contributed by atoms with van der Waals surface area (Å²) in [5.74, 6) is 0.903. The molecule has 0 radical (unpaired) electrons. The Hall–Kier alpha value is -3.12. The first-order valence-electron chi connectivity index (χ1n) is 10.5. The predicted octanol–water partition coefficient (Wildman–Crippen LogP) is 3.90. The lowest BCUT2D eigenvalue weighted by atomic mass is 9.92. The number of hydrogen-bond donors (Lipinski definition) is 2. The number of carbonyl (C=O) groups excluding carboxylic acids is 1. The summed E-state index contributed by atoms with van der Waals surface area (Å²) in [4.78, 5) is 19.3. The molecule has 0 fully saturated rings. The second kappa shape index (κ2) is 11.9. The molecule has 5 nitrogen and oxygen atoms in total. The average molecular weight is 435 g/mol. The molecular formula is C25H30N4OS. The highest BCUT2D eigenvalue weighted by Crippen LogP contribution is 2.20. The molecule has 3 rings (SSSR count). The third-order valence-corrected chi connectivity index (χ3v) is 5.87. The van der Waals surface area contributed by atoms with Crippen molar-refractivity contribution in [3.8, 4) is 0 Å². The van der Waals surface area contributed by atoms with E-state index < -0.39 is 0 Å². The number of amides is 1. The van der Waals surface area contributed by atoms with Crippen molar-refractivity contribution in [2.75, 3.05) is 27.2 Å². The van der Waals surface area contributed by atoms with Gasteiger partial charge in [0, 0.05) is 31.4 Å². The van der Waals surface area contributed by atoms with Gasteiger partial charge in [-0.15, -0.1) is 11.3 Å². The zero-order valence-electron chi connectivity index (χ0n) is 18.1. The molecule has 2 aromatic carbocycles. The van der Waals surface area contributed by atoms with E-state index in [4.69, 9.17) is 0 Å². The van der Waals surface area contributed by atoms with Crippen LogP contribution in [0.4, 0.5) is 0 Å². The Kier molecular flexibility index (Phi) is 8.67. The fraction of sp³-hybridized carbons (Fsp3) is 0.280. The van der Waals surface area contributed by atoms with Gasteiger partial charge < -0.3 is 15.5 Å². The van der Waals surface area contributed by atoms with Crippen molar-refractivity contribution in [3.05, 3.63) is 94.2 Å². The molecule has 3 aromatic rings. The Morgan fingerprint density at radius 3 is 2.32 bits per heavy atom. The Balaban J connectivity index is 1.71. The lowest BCUT2D eigenvalue weighted by molar-refractivity contribution is -0.127. The molecule has 0 aliphatic rings. The van der Waals surface area contributed by atoms with Crippen molar-refractivity contribution in [2.24, 2.45) is 4.99 Å². The zero-order chi connectivity index (χ0) is 21.9. The zero-order valence-corrected chi connectivity index (χ0v) is 18.9. The minimum Gasteiger partial charge on any atom is -0.356 e. The van der Waals surface area contributed by atoms with Gasteiger partial charge in [-0.25, -0.2) is 4.99 Å². The molecule has 1 heterocycles. The number of carbonyl (C=O) groups is 1. The number of guanidine groups is 1. The first-order chi connectivity index (χ1) is 15.1. The lowest BCUT2D eigenvalue weighted by Gasteiger charge is -2.20. The highest BCUT2D eigenvalue weighted by molar-refractivity contribution is 7.09. The topological polar surface area (TPSA) is 56.7 Å². The molecule has 0 saturated carbocycles. The first kappa shape index (κ1) is 22.6. The van der Waals surface area contributed by atoms with Crippen LogP contribution in [-0.2, 0) is 17.8 Å². The standard InChI is InChI=1S/C25H30N4OS/c1-29(2)24(30)19-28-25(27-18-23-14-9-15-31-23)26-17-22(21-12-7-4-8-13-21)16-20-10-5-3-6-11-20/h3-15,22H,16-19H2,1-2H3,(H2,26,27,28). The second-order valence-corrected chi connectivity index (χ2v) is 8.60. The Bertz CT molecular complexity index is 940. The molecule has 6 heteroatoms. The molecule has 2 N–H and O–H groups in total. The van der Waals surface area contributed by atoms with E-state index in [9.17, 15) is 4.79 Å². The summed E-state index contributed by atoms with van der Waals surface area (Å²) in [7, 11) is 3.49. The van der Waals surface area contributed by atoms with Crippen LogP contribution in [0.25, 0.3) is 0 Å². The van der Waals surface area contributed by atoms with E-state index in [-0.39, 0.29) is 18.4 Å².